The number of para-hydroxylation sites is 1. The average molecular weight is 366 g/mol. The van der Waals surface area contributed by atoms with Crippen molar-refractivity contribution in [2.45, 2.75) is 44.8 Å². The van der Waals surface area contributed by atoms with E-state index in [0.29, 0.717) is 25.7 Å². The Labute approximate surface area is 153 Å². The fourth-order valence-corrected chi connectivity index (χ4v) is 3.58. The Morgan fingerprint density at radius 3 is 2.81 bits per heavy atom. The maximum Gasteiger partial charge on any atom is 0.191 e. The monoisotopic (exact) mass is 366 g/mol. The van der Waals surface area contributed by atoms with Crippen LogP contribution in [0.1, 0.15) is 32.6 Å². The molecule has 2 saturated heterocycles. The Hall–Kier alpha value is -1.89. The highest BCUT2D eigenvalue weighted by Crippen LogP contribution is 2.26. The number of anilines is 1. The number of halogens is 2. The second-order valence-corrected chi connectivity index (χ2v) is 6.83. The third-order valence-corrected chi connectivity index (χ3v) is 4.87. The molecule has 0 radical (unpaired) electrons. The maximum absolute atomic E-state index is 14.0. The molecule has 0 aliphatic carbocycles. The van der Waals surface area contributed by atoms with E-state index in [1.165, 1.54) is 18.2 Å². The fraction of sp³-hybridized carbons (Fsp3) is 0.632. The zero-order chi connectivity index (χ0) is 18.4. The predicted molar refractivity (Wildman–Crippen MR) is 99.7 cm³/mol. The summed E-state index contributed by atoms with van der Waals surface area (Å²) < 4.78 is 33.6. The molecule has 1 aromatic carbocycles. The Kier molecular flexibility index (Phi) is 6.66. The molecule has 26 heavy (non-hydrogen) atoms. The number of rotatable bonds is 6. The van der Waals surface area contributed by atoms with Crippen LogP contribution in [0.5, 0.6) is 0 Å². The van der Waals surface area contributed by atoms with Gasteiger partial charge in [-0.05, 0) is 44.7 Å². The van der Waals surface area contributed by atoms with Gasteiger partial charge in [-0.1, -0.05) is 6.07 Å². The molecule has 2 heterocycles. The van der Waals surface area contributed by atoms with E-state index in [4.69, 9.17) is 4.74 Å². The molecule has 144 valence electrons. The summed E-state index contributed by atoms with van der Waals surface area (Å²) in [6, 6.07) is 4.10. The summed E-state index contributed by atoms with van der Waals surface area (Å²) in [7, 11) is 0. The van der Waals surface area contributed by atoms with Gasteiger partial charge in [0.15, 0.2) is 5.96 Å². The molecule has 2 N–H and O–H groups in total. The minimum Gasteiger partial charge on any atom is -0.378 e. The van der Waals surface area contributed by atoms with Crippen LogP contribution in [0, 0.1) is 11.6 Å². The number of guanidine groups is 1. The van der Waals surface area contributed by atoms with E-state index in [1.54, 1.807) is 4.90 Å². The molecule has 2 fully saturated rings. The number of nitrogens with zero attached hydrogens (tertiary/aromatic N) is 2. The number of hydrogen-bond donors (Lipinski definition) is 2. The lowest BCUT2D eigenvalue weighted by atomic mass is 10.2. The highest BCUT2D eigenvalue weighted by Gasteiger charge is 2.27. The first-order valence-electron chi connectivity index (χ1n) is 9.52. The van der Waals surface area contributed by atoms with Crippen molar-refractivity contribution in [3.05, 3.63) is 29.8 Å². The molecule has 7 heteroatoms. The van der Waals surface area contributed by atoms with Crippen LogP contribution in [0.3, 0.4) is 0 Å². The SMILES string of the molecule is CCNC(=NCCC1CCCO1)NC1CCN(c2c(F)cccc2F)C1. The van der Waals surface area contributed by atoms with Crippen molar-refractivity contribution < 1.29 is 13.5 Å². The number of ether oxygens (including phenoxy) is 1. The molecular formula is C19H28F2N4O. The first-order valence-corrected chi connectivity index (χ1v) is 9.52. The highest BCUT2D eigenvalue weighted by atomic mass is 19.1. The first-order chi connectivity index (χ1) is 12.7. The topological polar surface area (TPSA) is 48.9 Å². The van der Waals surface area contributed by atoms with Gasteiger partial charge in [0, 0.05) is 38.8 Å². The van der Waals surface area contributed by atoms with E-state index in [-0.39, 0.29) is 11.7 Å². The third-order valence-electron chi connectivity index (χ3n) is 4.87. The van der Waals surface area contributed by atoms with Gasteiger partial charge in [-0.25, -0.2) is 8.78 Å². The molecule has 2 unspecified atom stereocenters. The molecule has 2 aliphatic rings. The molecule has 1 aromatic rings. The van der Waals surface area contributed by atoms with Crippen LogP contribution in [-0.2, 0) is 4.74 Å². The summed E-state index contributed by atoms with van der Waals surface area (Å²) in [5, 5.41) is 6.64. The lowest BCUT2D eigenvalue weighted by molar-refractivity contribution is 0.106. The highest BCUT2D eigenvalue weighted by molar-refractivity contribution is 5.80. The molecule has 0 amide bonds. The van der Waals surface area contributed by atoms with Gasteiger partial charge in [-0.3, -0.25) is 4.99 Å². The Morgan fingerprint density at radius 2 is 2.12 bits per heavy atom. The molecule has 3 rings (SSSR count). The zero-order valence-electron chi connectivity index (χ0n) is 15.3. The molecule has 5 nitrogen and oxygen atoms in total. The summed E-state index contributed by atoms with van der Waals surface area (Å²) >= 11 is 0. The number of benzene rings is 1. The van der Waals surface area contributed by atoms with Crippen LogP contribution in [0.15, 0.2) is 23.2 Å². The van der Waals surface area contributed by atoms with E-state index >= 15 is 0 Å². The van der Waals surface area contributed by atoms with Gasteiger partial charge >= 0.3 is 0 Å². The fourth-order valence-electron chi connectivity index (χ4n) is 3.58. The van der Waals surface area contributed by atoms with Crippen molar-refractivity contribution in [3.8, 4) is 0 Å². The van der Waals surface area contributed by atoms with Crippen LogP contribution in [0.25, 0.3) is 0 Å². The second-order valence-electron chi connectivity index (χ2n) is 6.83. The van der Waals surface area contributed by atoms with E-state index in [9.17, 15) is 8.78 Å². The Bertz CT molecular complexity index is 599. The minimum atomic E-state index is -0.511. The van der Waals surface area contributed by atoms with E-state index in [1.807, 2.05) is 6.92 Å². The van der Waals surface area contributed by atoms with E-state index in [0.717, 1.165) is 44.8 Å². The molecular weight excluding hydrogens is 338 g/mol. The molecule has 2 atom stereocenters. The summed E-state index contributed by atoms with van der Waals surface area (Å²) in [4.78, 5) is 6.38. The van der Waals surface area contributed by atoms with Crippen LogP contribution < -0.4 is 15.5 Å². The van der Waals surface area contributed by atoms with Crippen LogP contribution in [0.4, 0.5) is 14.5 Å². The van der Waals surface area contributed by atoms with Gasteiger partial charge in [-0.2, -0.15) is 0 Å². The van der Waals surface area contributed by atoms with Crippen molar-refractivity contribution in [1.29, 1.82) is 0 Å². The number of nitrogens with one attached hydrogen (secondary N) is 2. The Morgan fingerprint density at radius 1 is 1.31 bits per heavy atom. The van der Waals surface area contributed by atoms with Gasteiger partial charge in [0.2, 0.25) is 0 Å². The molecule has 0 bridgehead atoms. The third kappa shape index (κ3) is 4.84. The van der Waals surface area contributed by atoms with Crippen LogP contribution in [-0.4, -0.2) is 50.9 Å². The number of hydrogen-bond acceptors (Lipinski definition) is 3. The summed E-state index contributed by atoms with van der Waals surface area (Å²) in [6.07, 6.45) is 4.31. The quantitative estimate of drug-likeness (QED) is 0.600. The van der Waals surface area contributed by atoms with Gasteiger partial charge in [-0.15, -0.1) is 0 Å². The second kappa shape index (κ2) is 9.16. The van der Waals surface area contributed by atoms with Gasteiger partial charge in [0.05, 0.1) is 6.10 Å². The number of aliphatic imine (C=N–C) groups is 1. The normalized spacial score (nSPS) is 23.5. The summed E-state index contributed by atoms with van der Waals surface area (Å²) in [5.41, 5.74) is 0.0668. The Balaban J connectivity index is 1.54. The van der Waals surface area contributed by atoms with Crippen molar-refractivity contribution >= 4 is 11.6 Å². The molecule has 0 saturated carbocycles. The first kappa shape index (κ1) is 18.9. The lowest BCUT2D eigenvalue weighted by Gasteiger charge is -2.21. The average Bonchev–Trinajstić information content (AvgIpc) is 3.27. The van der Waals surface area contributed by atoms with Crippen LogP contribution in [0.2, 0.25) is 0 Å². The van der Waals surface area contributed by atoms with Gasteiger partial charge in [0.25, 0.3) is 0 Å². The standard InChI is InChI=1S/C19H28F2N4O/c1-2-22-19(23-10-8-15-5-4-12-26-15)24-14-9-11-25(13-14)18-16(20)6-3-7-17(18)21/h3,6-7,14-15H,2,4-5,8-13H2,1H3,(H2,22,23,24). The summed E-state index contributed by atoms with van der Waals surface area (Å²) in [6.45, 7) is 5.52. The summed E-state index contributed by atoms with van der Waals surface area (Å²) in [5.74, 6) is -0.267. The minimum absolute atomic E-state index is 0.0668. The van der Waals surface area contributed by atoms with Gasteiger partial charge < -0.3 is 20.3 Å². The maximum atomic E-state index is 14.0. The van der Waals surface area contributed by atoms with Crippen molar-refractivity contribution in [1.82, 2.24) is 10.6 Å². The van der Waals surface area contributed by atoms with Crippen molar-refractivity contribution in [2.75, 3.05) is 37.7 Å². The zero-order valence-corrected chi connectivity index (χ0v) is 15.3. The molecule has 0 aromatic heterocycles. The largest absolute Gasteiger partial charge is 0.378 e. The van der Waals surface area contributed by atoms with Crippen molar-refractivity contribution in [3.63, 3.8) is 0 Å². The molecule has 0 spiro atoms. The molecule has 2 aliphatic heterocycles. The van der Waals surface area contributed by atoms with E-state index < -0.39 is 11.6 Å². The van der Waals surface area contributed by atoms with Crippen LogP contribution >= 0.6 is 0 Å². The lowest BCUT2D eigenvalue weighted by Crippen LogP contribution is -2.44. The van der Waals surface area contributed by atoms with Crippen molar-refractivity contribution in [2.24, 2.45) is 4.99 Å². The van der Waals surface area contributed by atoms with E-state index in [2.05, 4.69) is 15.6 Å². The predicted octanol–water partition coefficient (Wildman–Crippen LogP) is 2.67. The van der Waals surface area contributed by atoms with Gasteiger partial charge in [0.1, 0.15) is 17.3 Å². The smallest absolute Gasteiger partial charge is 0.191 e.